The van der Waals surface area contributed by atoms with Crippen molar-refractivity contribution in [1.82, 2.24) is 10.2 Å². The van der Waals surface area contributed by atoms with Crippen molar-refractivity contribution in [3.8, 4) is 5.75 Å². The van der Waals surface area contributed by atoms with Crippen LogP contribution in [-0.2, 0) is 11.3 Å². The van der Waals surface area contributed by atoms with E-state index in [4.69, 9.17) is 16.3 Å². The molecule has 1 amide bonds. The Morgan fingerprint density at radius 3 is 2.88 bits per heavy atom. The summed E-state index contributed by atoms with van der Waals surface area (Å²) in [5.41, 5.74) is 1.43. The van der Waals surface area contributed by atoms with Crippen LogP contribution < -0.4 is 5.32 Å². The van der Waals surface area contributed by atoms with Crippen LogP contribution in [0.5, 0.6) is 5.75 Å². The predicted molar refractivity (Wildman–Crippen MR) is 96.9 cm³/mol. The average molecular weight is 361 g/mol. The van der Waals surface area contributed by atoms with Crippen molar-refractivity contribution in [2.24, 2.45) is 0 Å². The number of phenols is 1. The molecule has 1 aliphatic rings. The summed E-state index contributed by atoms with van der Waals surface area (Å²) in [7, 11) is 0. The smallest absolute Gasteiger partial charge is 0.255 e. The van der Waals surface area contributed by atoms with Gasteiger partial charge in [0.25, 0.3) is 5.91 Å². The molecule has 1 aliphatic heterocycles. The molecule has 2 N–H and O–H groups in total. The minimum Gasteiger partial charge on any atom is -0.507 e. The molecule has 1 unspecified atom stereocenters. The van der Waals surface area contributed by atoms with Crippen molar-refractivity contribution >= 4 is 17.5 Å². The van der Waals surface area contributed by atoms with Crippen molar-refractivity contribution in [3.05, 3.63) is 64.7 Å². The number of morpholine rings is 1. The summed E-state index contributed by atoms with van der Waals surface area (Å²) < 4.78 is 5.74. The quantitative estimate of drug-likeness (QED) is 0.860. The highest BCUT2D eigenvalue weighted by Crippen LogP contribution is 2.21. The molecule has 1 saturated heterocycles. The zero-order valence-electron chi connectivity index (χ0n) is 13.8. The number of rotatable bonds is 5. The Bertz CT molecular complexity index is 724. The maximum absolute atomic E-state index is 12.2. The van der Waals surface area contributed by atoms with Gasteiger partial charge in [-0.2, -0.15) is 0 Å². The fourth-order valence-corrected chi connectivity index (χ4v) is 3.05. The second-order valence-electron chi connectivity index (χ2n) is 6.09. The summed E-state index contributed by atoms with van der Waals surface area (Å²) in [6.45, 7) is 3.50. The van der Waals surface area contributed by atoms with Gasteiger partial charge in [0.05, 0.1) is 18.3 Å². The molecule has 0 spiro atoms. The summed E-state index contributed by atoms with van der Waals surface area (Å²) >= 11 is 5.88. The molecule has 0 aliphatic carbocycles. The van der Waals surface area contributed by atoms with Crippen LogP contribution in [-0.4, -0.2) is 48.3 Å². The Kier molecular flexibility index (Phi) is 5.91. The minimum atomic E-state index is -0.358. The van der Waals surface area contributed by atoms with E-state index in [0.29, 0.717) is 18.2 Å². The number of hydrogen-bond donors (Lipinski definition) is 2. The number of halogens is 1. The van der Waals surface area contributed by atoms with Crippen molar-refractivity contribution in [1.29, 1.82) is 0 Å². The van der Waals surface area contributed by atoms with Crippen LogP contribution in [0.2, 0.25) is 5.02 Å². The summed E-state index contributed by atoms with van der Waals surface area (Å²) in [6, 6.07) is 14.7. The maximum Gasteiger partial charge on any atom is 0.255 e. The van der Waals surface area contributed by atoms with E-state index >= 15 is 0 Å². The molecule has 25 heavy (non-hydrogen) atoms. The van der Waals surface area contributed by atoms with Crippen LogP contribution >= 0.6 is 11.6 Å². The molecule has 0 aromatic heterocycles. The molecule has 3 rings (SSSR count). The number of ether oxygens (including phenoxy) is 1. The lowest BCUT2D eigenvalue weighted by molar-refractivity contribution is -0.0292. The third-order valence-electron chi connectivity index (χ3n) is 4.17. The molecule has 2 aromatic rings. The van der Waals surface area contributed by atoms with Gasteiger partial charge >= 0.3 is 0 Å². The molecule has 2 aromatic carbocycles. The lowest BCUT2D eigenvalue weighted by Crippen LogP contribution is -2.47. The van der Waals surface area contributed by atoms with Crippen LogP contribution in [0.3, 0.4) is 0 Å². The fraction of sp³-hybridized carbons (Fsp3) is 0.316. The molecule has 132 valence electrons. The number of carbonyl (C=O) groups excluding carboxylic acids is 1. The van der Waals surface area contributed by atoms with Gasteiger partial charge in [0.1, 0.15) is 5.75 Å². The standard InChI is InChI=1S/C19H21ClN2O3/c20-15-6-7-18(23)17(10-15)19(24)21-11-16-13-22(8-9-25-16)12-14-4-2-1-3-5-14/h1-7,10,16,23H,8-9,11-13H2,(H,21,24). The van der Waals surface area contributed by atoms with Crippen LogP contribution in [0.4, 0.5) is 0 Å². The summed E-state index contributed by atoms with van der Waals surface area (Å²) in [6.07, 6.45) is -0.0808. The van der Waals surface area contributed by atoms with Gasteiger partial charge in [0.15, 0.2) is 0 Å². The van der Waals surface area contributed by atoms with E-state index < -0.39 is 0 Å². The fourth-order valence-electron chi connectivity index (χ4n) is 2.88. The first-order chi connectivity index (χ1) is 12.1. The van der Waals surface area contributed by atoms with Gasteiger partial charge in [-0.3, -0.25) is 9.69 Å². The number of carbonyl (C=O) groups is 1. The summed E-state index contributed by atoms with van der Waals surface area (Å²) in [5.74, 6) is -0.444. The van der Waals surface area contributed by atoms with E-state index in [1.807, 2.05) is 18.2 Å². The van der Waals surface area contributed by atoms with E-state index in [-0.39, 0.29) is 23.3 Å². The Morgan fingerprint density at radius 1 is 1.28 bits per heavy atom. The van der Waals surface area contributed by atoms with Crippen LogP contribution in [0.15, 0.2) is 48.5 Å². The van der Waals surface area contributed by atoms with Gasteiger partial charge in [0.2, 0.25) is 0 Å². The Labute approximate surface area is 152 Å². The molecule has 6 heteroatoms. The van der Waals surface area contributed by atoms with Crippen LogP contribution in [0, 0.1) is 0 Å². The van der Waals surface area contributed by atoms with E-state index in [1.165, 1.54) is 17.7 Å². The van der Waals surface area contributed by atoms with Crippen LogP contribution in [0.25, 0.3) is 0 Å². The normalized spacial score (nSPS) is 18.0. The Morgan fingerprint density at radius 2 is 2.08 bits per heavy atom. The lowest BCUT2D eigenvalue weighted by atomic mass is 10.1. The number of hydrogen-bond acceptors (Lipinski definition) is 4. The maximum atomic E-state index is 12.2. The van der Waals surface area contributed by atoms with Gasteiger partial charge in [-0.05, 0) is 23.8 Å². The zero-order valence-corrected chi connectivity index (χ0v) is 14.6. The lowest BCUT2D eigenvalue weighted by Gasteiger charge is -2.33. The topological polar surface area (TPSA) is 61.8 Å². The molecular formula is C19H21ClN2O3. The minimum absolute atomic E-state index is 0.0808. The van der Waals surface area contributed by atoms with Gasteiger partial charge in [0, 0.05) is 31.2 Å². The number of amides is 1. The first-order valence-electron chi connectivity index (χ1n) is 8.26. The molecule has 1 atom stereocenters. The van der Waals surface area contributed by atoms with Crippen molar-refractivity contribution in [3.63, 3.8) is 0 Å². The van der Waals surface area contributed by atoms with Crippen molar-refractivity contribution in [2.75, 3.05) is 26.2 Å². The van der Waals surface area contributed by atoms with Gasteiger partial charge in [-0.1, -0.05) is 41.9 Å². The van der Waals surface area contributed by atoms with Gasteiger partial charge in [-0.15, -0.1) is 0 Å². The molecule has 0 radical (unpaired) electrons. The number of aromatic hydroxyl groups is 1. The first-order valence-corrected chi connectivity index (χ1v) is 8.64. The number of nitrogens with one attached hydrogen (secondary N) is 1. The number of benzene rings is 2. The number of nitrogens with zero attached hydrogens (tertiary/aromatic N) is 1. The SMILES string of the molecule is O=C(NCC1CN(Cc2ccccc2)CCO1)c1cc(Cl)ccc1O. The molecule has 1 heterocycles. The summed E-state index contributed by atoms with van der Waals surface area (Å²) in [5, 5.41) is 13.0. The highest BCUT2D eigenvalue weighted by atomic mass is 35.5. The van der Waals surface area contributed by atoms with E-state index in [2.05, 4.69) is 22.3 Å². The summed E-state index contributed by atoms with van der Waals surface area (Å²) in [4.78, 5) is 14.5. The van der Waals surface area contributed by atoms with Crippen molar-refractivity contribution < 1.29 is 14.6 Å². The zero-order chi connectivity index (χ0) is 17.6. The second kappa shape index (κ2) is 8.34. The third kappa shape index (κ3) is 4.95. The number of phenolic OH excluding ortho intramolecular Hbond substituents is 1. The highest BCUT2D eigenvalue weighted by Gasteiger charge is 2.22. The predicted octanol–water partition coefficient (Wildman–Crippen LogP) is 2.68. The molecular weight excluding hydrogens is 340 g/mol. The van der Waals surface area contributed by atoms with Gasteiger partial charge < -0.3 is 15.2 Å². The molecule has 5 nitrogen and oxygen atoms in total. The molecule has 1 fully saturated rings. The second-order valence-corrected chi connectivity index (χ2v) is 6.52. The first kappa shape index (κ1) is 17.7. The highest BCUT2D eigenvalue weighted by molar-refractivity contribution is 6.31. The molecule has 0 saturated carbocycles. The average Bonchev–Trinajstić information content (AvgIpc) is 2.63. The monoisotopic (exact) mass is 360 g/mol. The van der Waals surface area contributed by atoms with Crippen LogP contribution in [0.1, 0.15) is 15.9 Å². The van der Waals surface area contributed by atoms with Gasteiger partial charge in [-0.25, -0.2) is 0 Å². The molecule has 0 bridgehead atoms. The Hall–Kier alpha value is -2.08. The van der Waals surface area contributed by atoms with Crippen molar-refractivity contribution in [2.45, 2.75) is 12.6 Å². The van der Waals surface area contributed by atoms with E-state index in [0.717, 1.165) is 19.6 Å². The largest absolute Gasteiger partial charge is 0.507 e. The Balaban J connectivity index is 1.52. The van der Waals surface area contributed by atoms with E-state index in [9.17, 15) is 9.90 Å². The third-order valence-corrected chi connectivity index (χ3v) is 4.40. The van der Waals surface area contributed by atoms with E-state index in [1.54, 1.807) is 6.07 Å².